The zero-order valence-electron chi connectivity index (χ0n) is 13.2. The Hall–Kier alpha value is -1.39. The third-order valence-electron chi connectivity index (χ3n) is 3.45. The minimum absolute atomic E-state index is 0.131. The van der Waals surface area contributed by atoms with Crippen LogP contribution in [-0.4, -0.2) is 37.4 Å². The van der Waals surface area contributed by atoms with E-state index in [1.807, 2.05) is 32.0 Å². The molecule has 2 N–H and O–H groups in total. The summed E-state index contributed by atoms with van der Waals surface area (Å²) in [4.78, 5) is 11.3. The van der Waals surface area contributed by atoms with Gasteiger partial charge in [0.05, 0.1) is 12.5 Å². The number of nitrogens with one attached hydrogen (secondary N) is 1. The first-order chi connectivity index (χ1) is 10.0. The van der Waals surface area contributed by atoms with Gasteiger partial charge in [-0.05, 0) is 24.3 Å². The molecular weight excluding hydrogens is 266 g/mol. The third-order valence-corrected chi connectivity index (χ3v) is 3.45. The Morgan fingerprint density at radius 3 is 2.48 bits per heavy atom. The quantitative estimate of drug-likeness (QED) is 0.696. The molecule has 0 aromatic heterocycles. The molecule has 0 saturated carbocycles. The highest BCUT2D eigenvalue weighted by Gasteiger charge is 2.20. The van der Waals surface area contributed by atoms with Crippen molar-refractivity contribution in [3.63, 3.8) is 0 Å². The number of hydrogen-bond donors (Lipinski definition) is 2. The van der Waals surface area contributed by atoms with Crippen LogP contribution in [0.4, 0.5) is 0 Å². The number of carboxylic acids is 1. The minimum atomic E-state index is -0.730. The van der Waals surface area contributed by atoms with Gasteiger partial charge in [0.1, 0.15) is 0 Å². The molecule has 0 saturated heterocycles. The van der Waals surface area contributed by atoms with Crippen LogP contribution in [0, 0.1) is 11.8 Å². The van der Waals surface area contributed by atoms with Crippen LogP contribution in [0.2, 0.25) is 0 Å². The van der Waals surface area contributed by atoms with E-state index in [0.29, 0.717) is 25.5 Å². The average Bonchev–Trinajstić information content (AvgIpc) is 2.44. The minimum Gasteiger partial charge on any atom is -0.481 e. The molecule has 2 unspecified atom stereocenters. The Bertz CT molecular complexity index is 406. The number of carbonyl (C=O) groups is 1. The standard InChI is InChI=1S/C17H27NO3/c1-13(2)9-15(17(19)20)11-18-16(12-21-3)10-14-7-5-4-6-8-14/h4-8,13,15-16,18H,9-12H2,1-3H3,(H,19,20). The predicted octanol–water partition coefficient (Wildman–Crippen LogP) is 2.58. The van der Waals surface area contributed by atoms with Gasteiger partial charge in [-0.15, -0.1) is 0 Å². The van der Waals surface area contributed by atoms with Crippen LogP contribution in [0.1, 0.15) is 25.8 Å². The lowest BCUT2D eigenvalue weighted by Gasteiger charge is -2.22. The van der Waals surface area contributed by atoms with E-state index in [1.54, 1.807) is 7.11 Å². The molecule has 0 heterocycles. The summed E-state index contributed by atoms with van der Waals surface area (Å²) >= 11 is 0. The normalized spacial score (nSPS) is 14.1. The number of hydrogen-bond acceptors (Lipinski definition) is 3. The predicted molar refractivity (Wildman–Crippen MR) is 84.4 cm³/mol. The molecule has 21 heavy (non-hydrogen) atoms. The summed E-state index contributed by atoms with van der Waals surface area (Å²) in [5.74, 6) is -0.699. The van der Waals surface area contributed by atoms with E-state index < -0.39 is 5.97 Å². The van der Waals surface area contributed by atoms with Crippen LogP contribution in [0.3, 0.4) is 0 Å². The first kappa shape index (κ1) is 17.7. The summed E-state index contributed by atoms with van der Waals surface area (Å²) < 4.78 is 5.24. The molecule has 118 valence electrons. The maximum atomic E-state index is 11.3. The second kappa shape index (κ2) is 9.53. The molecule has 4 heteroatoms. The first-order valence-electron chi connectivity index (χ1n) is 7.52. The van der Waals surface area contributed by atoms with Crippen LogP contribution < -0.4 is 5.32 Å². The second-order valence-electron chi connectivity index (χ2n) is 5.91. The maximum Gasteiger partial charge on any atom is 0.307 e. The van der Waals surface area contributed by atoms with Gasteiger partial charge in [0.2, 0.25) is 0 Å². The maximum absolute atomic E-state index is 11.3. The van der Waals surface area contributed by atoms with Crippen molar-refractivity contribution < 1.29 is 14.6 Å². The van der Waals surface area contributed by atoms with E-state index in [4.69, 9.17) is 4.74 Å². The second-order valence-corrected chi connectivity index (χ2v) is 5.91. The molecule has 1 aromatic rings. The van der Waals surface area contributed by atoms with Gasteiger partial charge in [0.25, 0.3) is 0 Å². The lowest BCUT2D eigenvalue weighted by Crippen LogP contribution is -2.40. The Labute approximate surface area is 127 Å². The highest BCUT2D eigenvalue weighted by atomic mass is 16.5. The van der Waals surface area contributed by atoms with E-state index in [9.17, 15) is 9.90 Å². The average molecular weight is 293 g/mol. The van der Waals surface area contributed by atoms with Crippen LogP contribution in [0.25, 0.3) is 0 Å². The van der Waals surface area contributed by atoms with E-state index in [2.05, 4.69) is 17.4 Å². The Morgan fingerprint density at radius 2 is 1.95 bits per heavy atom. The highest BCUT2D eigenvalue weighted by molar-refractivity contribution is 5.70. The van der Waals surface area contributed by atoms with Gasteiger partial charge in [0, 0.05) is 19.7 Å². The summed E-state index contributed by atoms with van der Waals surface area (Å²) in [5, 5.41) is 12.6. The van der Waals surface area contributed by atoms with Gasteiger partial charge in [0.15, 0.2) is 0 Å². The van der Waals surface area contributed by atoms with Gasteiger partial charge in [-0.3, -0.25) is 4.79 Å². The van der Waals surface area contributed by atoms with Gasteiger partial charge in [-0.1, -0.05) is 44.2 Å². The third kappa shape index (κ3) is 7.25. The van der Waals surface area contributed by atoms with E-state index in [0.717, 1.165) is 6.42 Å². The van der Waals surface area contributed by atoms with Crippen LogP contribution in [-0.2, 0) is 16.0 Å². The van der Waals surface area contributed by atoms with E-state index in [-0.39, 0.29) is 12.0 Å². The number of rotatable bonds is 10. The molecule has 0 amide bonds. The Morgan fingerprint density at radius 1 is 1.29 bits per heavy atom. The zero-order chi connectivity index (χ0) is 15.7. The molecule has 0 aliphatic heterocycles. The van der Waals surface area contributed by atoms with Crippen molar-refractivity contribution in [2.45, 2.75) is 32.7 Å². The first-order valence-corrected chi connectivity index (χ1v) is 7.52. The fourth-order valence-corrected chi connectivity index (χ4v) is 2.44. The van der Waals surface area contributed by atoms with Crippen molar-refractivity contribution in [3.05, 3.63) is 35.9 Å². The summed E-state index contributed by atoms with van der Waals surface area (Å²) in [5.41, 5.74) is 1.22. The summed E-state index contributed by atoms with van der Waals surface area (Å²) in [6.45, 7) is 5.15. The van der Waals surface area contributed by atoms with Gasteiger partial charge in [-0.2, -0.15) is 0 Å². The Balaban J connectivity index is 2.54. The highest BCUT2D eigenvalue weighted by Crippen LogP contribution is 2.12. The smallest absolute Gasteiger partial charge is 0.307 e. The van der Waals surface area contributed by atoms with Crippen LogP contribution in [0.15, 0.2) is 30.3 Å². The molecule has 0 aliphatic rings. The molecule has 0 bridgehead atoms. The van der Waals surface area contributed by atoms with Crippen molar-refractivity contribution in [1.82, 2.24) is 5.32 Å². The molecule has 0 fully saturated rings. The van der Waals surface area contributed by atoms with Crippen LogP contribution >= 0.6 is 0 Å². The number of aliphatic carboxylic acids is 1. The lowest BCUT2D eigenvalue weighted by molar-refractivity contribution is -0.142. The molecular formula is C17H27NO3. The summed E-state index contributed by atoms with van der Waals surface area (Å²) in [6.07, 6.45) is 1.52. The number of benzene rings is 1. The monoisotopic (exact) mass is 293 g/mol. The number of methoxy groups -OCH3 is 1. The molecule has 1 aromatic carbocycles. The van der Waals surface area contributed by atoms with Gasteiger partial charge < -0.3 is 15.2 Å². The van der Waals surface area contributed by atoms with Crippen molar-refractivity contribution in [2.24, 2.45) is 11.8 Å². The topological polar surface area (TPSA) is 58.6 Å². The van der Waals surface area contributed by atoms with Crippen molar-refractivity contribution in [1.29, 1.82) is 0 Å². The van der Waals surface area contributed by atoms with E-state index in [1.165, 1.54) is 5.56 Å². The summed E-state index contributed by atoms with van der Waals surface area (Å²) in [6, 6.07) is 10.3. The fourth-order valence-electron chi connectivity index (χ4n) is 2.44. The van der Waals surface area contributed by atoms with Crippen molar-refractivity contribution in [3.8, 4) is 0 Å². The lowest BCUT2D eigenvalue weighted by atomic mass is 9.96. The van der Waals surface area contributed by atoms with Crippen molar-refractivity contribution >= 4 is 5.97 Å². The zero-order valence-corrected chi connectivity index (χ0v) is 13.2. The van der Waals surface area contributed by atoms with Gasteiger partial charge in [-0.25, -0.2) is 0 Å². The SMILES string of the molecule is COCC(Cc1ccccc1)NCC(CC(C)C)C(=O)O. The van der Waals surface area contributed by atoms with Gasteiger partial charge >= 0.3 is 5.97 Å². The number of carboxylic acid groups (broad SMARTS) is 1. The van der Waals surface area contributed by atoms with Crippen molar-refractivity contribution in [2.75, 3.05) is 20.3 Å². The molecule has 0 spiro atoms. The Kier molecular flexibility index (Phi) is 8.01. The summed E-state index contributed by atoms with van der Waals surface area (Å²) in [7, 11) is 1.67. The molecule has 1 rings (SSSR count). The molecule has 2 atom stereocenters. The van der Waals surface area contributed by atoms with Crippen LogP contribution in [0.5, 0.6) is 0 Å². The largest absolute Gasteiger partial charge is 0.481 e. The molecule has 4 nitrogen and oxygen atoms in total. The van der Waals surface area contributed by atoms with E-state index >= 15 is 0 Å². The number of ether oxygens (including phenoxy) is 1. The molecule has 0 radical (unpaired) electrons. The molecule has 0 aliphatic carbocycles. The fraction of sp³-hybridized carbons (Fsp3) is 0.588.